The van der Waals surface area contributed by atoms with Gasteiger partial charge in [0.2, 0.25) is 5.91 Å². The Hall–Kier alpha value is -0.900. The number of carbonyl (C=O) groups excluding carboxylic acids is 2. The quantitative estimate of drug-likeness (QED) is 0.624. The summed E-state index contributed by atoms with van der Waals surface area (Å²) in [6, 6.07) is -0.630. The molecule has 2 N–H and O–H groups in total. The van der Waals surface area contributed by atoms with Crippen molar-refractivity contribution in [3.63, 3.8) is 0 Å². The first-order valence-electron chi connectivity index (χ1n) is 4.72. The normalized spacial score (nSPS) is 19.6. The zero-order valence-corrected chi connectivity index (χ0v) is 7.74. The van der Waals surface area contributed by atoms with E-state index in [1.807, 2.05) is 0 Å². The second-order valence-corrected chi connectivity index (χ2v) is 3.45. The summed E-state index contributed by atoms with van der Waals surface area (Å²) in [7, 11) is 0. The molecule has 0 saturated carbocycles. The van der Waals surface area contributed by atoms with Crippen LogP contribution in [0.25, 0.3) is 0 Å². The molecule has 0 aromatic rings. The van der Waals surface area contributed by atoms with Crippen LogP contribution in [0.5, 0.6) is 0 Å². The highest BCUT2D eigenvalue weighted by Crippen LogP contribution is 2.09. The lowest BCUT2D eigenvalue weighted by Gasteiger charge is -2.27. The number of aldehydes is 1. The van der Waals surface area contributed by atoms with Crippen molar-refractivity contribution in [3.8, 4) is 0 Å². The molecule has 0 bridgehead atoms. The Labute approximate surface area is 78.1 Å². The van der Waals surface area contributed by atoms with Crippen molar-refractivity contribution >= 4 is 12.2 Å². The van der Waals surface area contributed by atoms with Crippen LogP contribution < -0.4 is 5.73 Å². The highest BCUT2D eigenvalue weighted by Gasteiger charge is 2.18. The highest BCUT2D eigenvalue weighted by molar-refractivity contribution is 5.80. The molecule has 1 amide bonds. The molecular weight excluding hydrogens is 168 g/mol. The highest BCUT2D eigenvalue weighted by atomic mass is 16.2. The van der Waals surface area contributed by atoms with E-state index in [1.165, 1.54) is 6.42 Å². The Morgan fingerprint density at radius 3 is 2.54 bits per heavy atom. The molecule has 1 heterocycles. The second-order valence-electron chi connectivity index (χ2n) is 3.45. The molecule has 1 saturated heterocycles. The number of hydrogen-bond acceptors (Lipinski definition) is 3. The molecule has 0 spiro atoms. The van der Waals surface area contributed by atoms with Crippen molar-refractivity contribution in [2.75, 3.05) is 13.1 Å². The summed E-state index contributed by atoms with van der Waals surface area (Å²) in [5, 5.41) is 0. The number of likely N-dealkylation sites (tertiary alicyclic amines) is 1. The lowest BCUT2D eigenvalue weighted by atomic mass is 10.1. The number of carbonyl (C=O) groups is 2. The largest absolute Gasteiger partial charge is 0.343 e. The lowest BCUT2D eigenvalue weighted by molar-refractivity contribution is -0.133. The van der Waals surface area contributed by atoms with Crippen molar-refractivity contribution in [1.29, 1.82) is 0 Å². The average Bonchev–Trinajstić information content (AvgIpc) is 2.19. The molecule has 0 aliphatic carbocycles. The number of amides is 1. The maximum atomic E-state index is 11.5. The standard InChI is InChI=1S/C9H16N2O2/c10-8(7-12)6-9(13)11-4-2-1-3-5-11/h7-8H,1-6,10H2. The molecule has 0 aromatic heterocycles. The maximum Gasteiger partial charge on any atom is 0.224 e. The van der Waals surface area contributed by atoms with Gasteiger partial charge in [0.05, 0.1) is 6.04 Å². The van der Waals surface area contributed by atoms with Gasteiger partial charge in [0, 0.05) is 19.5 Å². The maximum absolute atomic E-state index is 11.5. The minimum atomic E-state index is -0.630. The SMILES string of the molecule is NC(C=O)CC(=O)N1CCCCC1. The van der Waals surface area contributed by atoms with Crippen LogP contribution in [0.4, 0.5) is 0 Å². The van der Waals surface area contributed by atoms with Gasteiger partial charge in [-0.3, -0.25) is 4.79 Å². The van der Waals surface area contributed by atoms with Gasteiger partial charge < -0.3 is 15.4 Å². The van der Waals surface area contributed by atoms with Gasteiger partial charge in [-0.15, -0.1) is 0 Å². The first kappa shape index (κ1) is 10.2. The molecule has 4 heteroatoms. The lowest BCUT2D eigenvalue weighted by Crippen LogP contribution is -2.39. The van der Waals surface area contributed by atoms with E-state index < -0.39 is 6.04 Å². The number of nitrogens with zero attached hydrogens (tertiary/aromatic N) is 1. The van der Waals surface area contributed by atoms with Crippen molar-refractivity contribution in [1.82, 2.24) is 4.90 Å². The Kier molecular flexibility index (Phi) is 3.89. The molecule has 1 rings (SSSR count). The first-order valence-corrected chi connectivity index (χ1v) is 4.72. The van der Waals surface area contributed by atoms with E-state index in [0.29, 0.717) is 6.29 Å². The van der Waals surface area contributed by atoms with E-state index in [2.05, 4.69) is 0 Å². The Balaban J connectivity index is 2.32. The summed E-state index contributed by atoms with van der Waals surface area (Å²) in [5.41, 5.74) is 5.36. The van der Waals surface area contributed by atoms with Crippen LogP contribution in [0.2, 0.25) is 0 Å². The minimum Gasteiger partial charge on any atom is -0.343 e. The van der Waals surface area contributed by atoms with Gasteiger partial charge in [0.1, 0.15) is 6.29 Å². The Morgan fingerprint density at radius 2 is 2.00 bits per heavy atom. The third kappa shape index (κ3) is 3.14. The molecule has 1 fully saturated rings. The van der Waals surface area contributed by atoms with Crippen LogP contribution in [0, 0.1) is 0 Å². The summed E-state index contributed by atoms with van der Waals surface area (Å²) < 4.78 is 0. The molecule has 0 aromatic carbocycles. The Bertz CT molecular complexity index is 188. The van der Waals surface area contributed by atoms with Gasteiger partial charge >= 0.3 is 0 Å². The predicted molar refractivity (Wildman–Crippen MR) is 49.1 cm³/mol. The molecule has 1 aliphatic heterocycles. The first-order chi connectivity index (χ1) is 6.24. The molecular formula is C9H16N2O2. The second kappa shape index (κ2) is 4.97. The van der Waals surface area contributed by atoms with Gasteiger partial charge in [-0.05, 0) is 19.3 Å². The Morgan fingerprint density at radius 1 is 1.38 bits per heavy atom. The predicted octanol–water partition coefficient (Wildman–Crippen LogP) is -0.0848. The number of rotatable bonds is 3. The fourth-order valence-electron chi connectivity index (χ4n) is 1.52. The summed E-state index contributed by atoms with van der Waals surface area (Å²) >= 11 is 0. The monoisotopic (exact) mass is 184 g/mol. The molecule has 74 valence electrons. The van der Waals surface area contributed by atoms with Gasteiger partial charge in [-0.2, -0.15) is 0 Å². The van der Waals surface area contributed by atoms with Crippen LogP contribution in [-0.4, -0.2) is 36.2 Å². The van der Waals surface area contributed by atoms with E-state index in [0.717, 1.165) is 25.9 Å². The summed E-state index contributed by atoms with van der Waals surface area (Å²) in [6.45, 7) is 1.65. The summed E-state index contributed by atoms with van der Waals surface area (Å²) in [6.07, 6.45) is 4.12. The number of nitrogens with two attached hydrogens (primary N) is 1. The molecule has 1 aliphatic rings. The van der Waals surface area contributed by atoms with Crippen molar-refractivity contribution in [3.05, 3.63) is 0 Å². The van der Waals surface area contributed by atoms with E-state index in [4.69, 9.17) is 5.73 Å². The van der Waals surface area contributed by atoms with Gasteiger partial charge in [-0.25, -0.2) is 0 Å². The van der Waals surface area contributed by atoms with E-state index in [9.17, 15) is 9.59 Å². The average molecular weight is 184 g/mol. The fourth-order valence-corrected chi connectivity index (χ4v) is 1.52. The van der Waals surface area contributed by atoms with Crippen molar-refractivity contribution in [2.45, 2.75) is 31.7 Å². The minimum absolute atomic E-state index is 0.0132. The third-order valence-corrected chi connectivity index (χ3v) is 2.29. The van der Waals surface area contributed by atoms with Crippen LogP contribution >= 0.6 is 0 Å². The molecule has 4 nitrogen and oxygen atoms in total. The fraction of sp³-hybridized carbons (Fsp3) is 0.778. The molecule has 0 radical (unpaired) electrons. The third-order valence-electron chi connectivity index (χ3n) is 2.29. The van der Waals surface area contributed by atoms with E-state index >= 15 is 0 Å². The van der Waals surface area contributed by atoms with Gasteiger partial charge in [-0.1, -0.05) is 0 Å². The zero-order chi connectivity index (χ0) is 9.68. The summed E-state index contributed by atoms with van der Waals surface area (Å²) in [4.78, 5) is 23.5. The number of piperidine rings is 1. The molecule has 13 heavy (non-hydrogen) atoms. The number of hydrogen-bond donors (Lipinski definition) is 1. The summed E-state index contributed by atoms with van der Waals surface area (Å²) in [5.74, 6) is 0.0132. The van der Waals surface area contributed by atoms with Crippen LogP contribution in [0.15, 0.2) is 0 Å². The van der Waals surface area contributed by atoms with Crippen LogP contribution in [0.1, 0.15) is 25.7 Å². The topological polar surface area (TPSA) is 63.4 Å². The van der Waals surface area contributed by atoms with Crippen molar-refractivity contribution < 1.29 is 9.59 Å². The van der Waals surface area contributed by atoms with Crippen molar-refractivity contribution in [2.24, 2.45) is 5.73 Å². The molecule has 1 unspecified atom stereocenters. The van der Waals surface area contributed by atoms with E-state index in [-0.39, 0.29) is 12.3 Å². The van der Waals surface area contributed by atoms with Gasteiger partial charge in [0.15, 0.2) is 0 Å². The van der Waals surface area contributed by atoms with Gasteiger partial charge in [0.25, 0.3) is 0 Å². The van der Waals surface area contributed by atoms with E-state index in [1.54, 1.807) is 4.90 Å². The van der Waals surface area contributed by atoms with Crippen LogP contribution in [-0.2, 0) is 9.59 Å². The van der Waals surface area contributed by atoms with Crippen LogP contribution in [0.3, 0.4) is 0 Å². The zero-order valence-electron chi connectivity index (χ0n) is 7.74. The molecule has 1 atom stereocenters. The smallest absolute Gasteiger partial charge is 0.224 e.